The van der Waals surface area contributed by atoms with Crippen molar-refractivity contribution >= 4 is 12.1 Å². The fourth-order valence-corrected chi connectivity index (χ4v) is 3.95. The summed E-state index contributed by atoms with van der Waals surface area (Å²) in [5, 5.41) is 2.98. The molecule has 2 atom stereocenters. The Bertz CT molecular complexity index is 681. The first-order valence-electron chi connectivity index (χ1n) is 11.6. The molecule has 6 nitrogen and oxygen atoms in total. The van der Waals surface area contributed by atoms with E-state index in [4.69, 9.17) is 9.47 Å². The number of carbonyl (C=O) groups is 2. The second kappa shape index (κ2) is 12.1. The molecule has 174 valence electrons. The quantitative estimate of drug-likeness (QED) is 0.532. The number of hydrogen-bond donors (Lipinski definition) is 1. The first-order chi connectivity index (χ1) is 14.7. The van der Waals surface area contributed by atoms with Crippen LogP contribution in [0.15, 0.2) is 30.3 Å². The van der Waals surface area contributed by atoms with Gasteiger partial charge in [-0.25, -0.2) is 4.79 Å². The average molecular weight is 433 g/mol. The molecule has 1 fully saturated rings. The van der Waals surface area contributed by atoms with Gasteiger partial charge in [0.2, 0.25) is 0 Å². The lowest BCUT2D eigenvalue weighted by molar-refractivity contribution is -0.151. The Labute approximate surface area is 187 Å². The van der Waals surface area contributed by atoms with Gasteiger partial charge in [0.15, 0.2) is 0 Å². The smallest absolute Gasteiger partial charge is 0.407 e. The van der Waals surface area contributed by atoms with Crippen LogP contribution in [0.2, 0.25) is 0 Å². The number of carbonyl (C=O) groups excluding carboxylic acids is 2. The molecule has 0 saturated heterocycles. The van der Waals surface area contributed by atoms with Crippen molar-refractivity contribution in [1.29, 1.82) is 0 Å². The summed E-state index contributed by atoms with van der Waals surface area (Å²) >= 11 is 0. The second-order valence-electron chi connectivity index (χ2n) is 9.63. The van der Waals surface area contributed by atoms with Crippen LogP contribution in [-0.4, -0.2) is 47.7 Å². The molecule has 0 aliphatic heterocycles. The zero-order valence-corrected chi connectivity index (χ0v) is 19.9. The van der Waals surface area contributed by atoms with Crippen molar-refractivity contribution in [1.82, 2.24) is 10.2 Å². The van der Waals surface area contributed by atoms with Gasteiger partial charge in [0.05, 0.1) is 0 Å². The molecule has 1 N–H and O–H groups in total. The van der Waals surface area contributed by atoms with Crippen LogP contribution in [-0.2, 0) is 20.9 Å². The highest BCUT2D eigenvalue weighted by molar-refractivity contribution is 5.75. The maximum absolute atomic E-state index is 12.8. The van der Waals surface area contributed by atoms with Crippen molar-refractivity contribution in [3.63, 3.8) is 0 Å². The van der Waals surface area contributed by atoms with Gasteiger partial charge in [-0.2, -0.15) is 0 Å². The second-order valence-corrected chi connectivity index (χ2v) is 9.63. The molecule has 1 aromatic rings. The predicted molar refractivity (Wildman–Crippen MR) is 123 cm³/mol. The molecule has 0 unspecified atom stereocenters. The first kappa shape index (κ1) is 25.2. The van der Waals surface area contributed by atoms with E-state index in [1.54, 1.807) is 0 Å². The van der Waals surface area contributed by atoms with Crippen molar-refractivity contribution in [2.45, 2.75) is 91.0 Å². The summed E-state index contributed by atoms with van der Waals surface area (Å²) in [6, 6.07) is 9.25. The van der Waals surface area contributed by atoms with Gasteiger partial charge in [-0.15, -0.1) is 0 Å². The first-order valence-corrected chi connectivity index (χ1v) is 11.6. The molecule has 0 radical (unpaired) electrons. The Morgan fingerprint density at radius 3 is 2.39 bits per heavy atom. The normalized spacial score (nSPS) is 16.7. The van der Waals surface area contributed by atoms with Crippen LogP contribution in [0.5, 0.6) is 0 Å². The molecule has 1 saturated carbocycles. The van der Waals surface area contributed by atoms with Gasteiger partial charge in [0.1, 0.15) is 18.2 Å². The summed E-state index contributed by atoms with van der Waals surface area (Å²) in [5.74, 6) is 0.359. The third-order valence-electron chi connectivity index (χ3n) is 5.75. The molecule has 0 heterocycles. The van der Waals surface area contributed by atoms with Crippen LogP contribution in [0.4, 0.5) is 4.79 Å². The fraction of sp³-hybridized carbons (Fsp3) is 0.680. The number of hydrogen-bond acceptors (Lipinski definition) is 5. The molecular weight excluding hydrogens is 392 g/mol. The largest absolute Gasteiger partial charge is 0.460 e. The minimum Gasteiger partial charge on any atom is -0.460 e. The Hall–Kier alpha value is -2.08. The standard InChI is InChI=1S/C25H40N2O4/c1-6-22(26-24(29)31-25(3,4)5)17-27(16-20-12-10-11-13-20)19(2)23(28)30-18-21-14-8-7-9-15-21/h7-9,14-15,19-20,22H,6,10-13,16-18H2,1-5H3,(H,26,29)/t19-,22+/m0/s1. The average Bonchev–Trinajstić information content (AvgIpc) is 3.22. The monoisotopic (exact) mass is 432 g/mol. The molecule has 0 aromatic heterocycles. The third kappa shape index (κ3) is 9.30. The molecule has 2 rings (SSSR count). The lowest BCUT2D eigenvalue weighted by Gasteiger charge is -2.33. The zero-order valence-electron chi connectivity index (χ0n) is 19.9. The van der Waals surface area contributed by atoms with E-state index in [1.165, 1.54) is 25.7 Å². The van der Waals surface area contributed by atoms with Crippen molar-refractivity contribution in [3.8, 4) is 0 Å². The number of nitrogens with one attached hydrogen (secondary N) is 1. The van der Waals surface area contributed by atoms with Gasteiger partial charge in [-0.05, 0) is 58.4 Å². The van der Waals surface area contributed by atoms with Crippen LogP contribution in [0.1, 0.15) is 72.3 Å². The van der Waals surface area contributed by atoms with Crippen molar-refractivity contribution in [2.24, 2.45) is 5.92 Å². The van der Waals surface area contributed by atoms with Gasteiger partial charge >= 0.3 is 12.1 Å². The van der Waals surface area contributed by atoms with E-state index in [9.17, 15) is 9.59 Å². The molecule has 0 bridgehead atoms. The topological polar surface area (TPSA) is 67.9 Å². The molecule has 0 spiro atoms. The lowest BCUT2D eigenvalue weighted by atomic mass is 10.1. The SMILES string of the molecule is CC[C@H](CN(CC1CCCC1)[C@@H](C)C(=O)OCc1ccccc1)NC(=O)OC(C)(C)C. The minimum atomic E-state index is -0.541. The van der Waals surface area contributed by atoms with Crippen LogP contribution in [0.3, 0.4) is 0 Å². The van der Waals surface area contributed by atoms with Crippen molar-refractivity contribution < 1.29 is 19.1 Å². The minimum absolute atomic E-state index is 0.0966. The number of amides is 1. The summed E-state index contributed by atoms with van der Waals surface area (Å²) in [6.45, 7) is 11.2. The van der Waals surface area contributed by atoms with Crippen LogP contribution in [0, 0.1) is 5.92 Å². The Kier molecular flexibility index (Phi) is 9.82. The van der Waals surface area contributed by atoms with E-state index in [1.807, 2.05) is 65.0 Å². The molecule has 6 heteroatoms. The third-order valence-corrected chi connectivity index (χ3v) is 5.75. The molecule has 1 aromatic carbocycles. The summed E-state index contributed by atoms with van der Waals surface area (Å²) in [7, 11) is 0. The summed E-state index contributed by atoms with van der Waals surface area (Å²) in [5.41, 5.74) is 0.434. The van der Waals surface area contributed by atoms with Gasteiger partial charge in [-0.1, -0.05) is 50.1 Å². The Morgan fingerprint density at radius 2 is 1.81 bits per heavy atom. The number of ether oxygens (including phenoxy) is 2. The number of benzene rings is 1. The predicted octanol–water partition coefficient (Wildman–Crippen LogP) is 4.91. The van der Waals surface area contributed by atoms with E-state index in [2.05, 4.69) is 10.2 Å². The number of nitrogens with zero attached hydrogens (tertiary/aromatic N) is 1. The van der Waals surface area contributed by atoms with Crippen molar-refractivity contribution in [2.75, 3.05) is 13.1 Å². The van der Waals surface area contributed by atoms with Crippen LogP contribution in [0.25, 0.3) is 0 Å². The summed E-state index contributed by atoms with van der Waals surface area (Å²) in [4.78, 5) is 27.3. The highest BCUT2D eigenvalue weighted by Crippen LogP contribution is 2.26. The molecule has 1 aliphatic rings. The zero-order chi connectivity index (χ0) is 22.9. The van der Waals surface area contributed by atoms with E-state index in [0.29, 0.717) is 12.5 Å². The molecule has 1 aliphatic carbocycles. The van der Waals surface area contributed by atoms with E-state index < -0.39 is 11.7 Å². The Morgan fingerprint density at radius 1 is 1.16 bits per heavy atom. The molecular formula is C25H40N2O4. The van der Waals surface area contributed by atoms with Gasteiger partial charge in [0, 0.05) is 19.1 Å². The fourth-order valence-electron chi connectivity index (χ4n) is 3.95. The molecule has 31 heavy (non-hydrogen) atoms. The number of rotatable bonds is 10. The lowest BCUT2D eigenvalue weighted by Crippen LogP contribution is -2.50. The maximum Gasteiger partial charge on any atom is 0.407 e. The highest BCUT2D eigenvalue weighted by atomic mass is 16.6. The molecule has 1 amide bonds. The van der Waals surface area contributed by atoms with E-state index >= 15 is 0 Å². The Balaban J connectivity index is 2.00. The summed E-state index contributed by atoms with van der Waals surface area (Å²) < 4.78 is 11.0. The van der Waals surface area contributed by atoms with Crippen molar-refractivity contribution in [3.05, 3.63) is 35.9 Å². The number of alkyl carbamates (subject to hydrolysis) is 1. The number of esters is 1. The van der Waals surface area contributed by atoms with Crippen LogP contribution >= 0.6 is 0 Å². The van der Waals surface area contributed by atoms with Gasteiger partial charge in [-0.3, -0.25) is 9.69 Å². The summed E-state index contributed by atoms with van der Waals surface area (Å²) in [6.07, 6.45) is 5.22. The van der Waals surface area contributed by atoms with E-state index in [-0.39, 0.29) is 24.7 Å². The van der Waals surface area contributed by atoms with Crippen LogP contribution < -0.4 is 5.32 Å². The van der Waals surface area contributed by atoms with Gasteiger partial charge < -0.3 is 14.8 Å². The maximum atomic E-state index is 12.8. The van der Waals surface area contributed by atoms with Gasteiger partial charge in [0.25, 0.3) is 0 Å². The highest BCUT2D eigenvalue weighted by Gasteiger charge is 2.29. The van der Waals surface area contributed by atoms with E-state index in [0.717, 1.165) is 18.5 Å².